The van der Waals surface area contributed by atoms with Gasteiger partial charge in [-0.3, -0.25) is 14.4 Å². The number of fused-ring (bicyclic) bond motifs is 3. The molecule has 1 unspecified atom stereocenters. The molecule has 0 bridgehead atoms. The number of carbonyl (C=O) groups excluding carboxylic acids is 3. The summed E-state index contributed by atoms with van der Waals surface area (Å²) >= 11 is 0. The van der Waals surface area contributed by atoms with Crippen molar-refractivity contribution in [3.8, 4) is 5.75 Å². The van der Waals surface area contributed by atoms with Crippen LogP contribution in [0.25, 0.3) is 5.76 Å². The Bertz CT molecular complexity index is 1370. The van der Waals surface area contributed by atoms with Gasteiger partial charge < -0.3 is 25.5 Å². The van der Waals surface area contributed by atoms with Gasteiger partial charge in [0.2, 0.25) is 5.78 Å². The second-order valence-electron chi connectivity index (χ2n) is 13.5. The van der Waals surface area contributed by atoms with E-state index >= 15 is 0 Å². The molecule has 218 valence electrons. The Morgan fingerprint density at radius 1 is 1.10 bits per heavy atom. The fourth-order valence-corrected chi connectivity index (χ4v) is 8.10. The molecular weight excluding hydrogens is 512 g/mol. The zero-order valence-electron chi connectivity index (χ0n) is 24.6. The van der Waals surface area contributed by atoms with Gasteiger partial charge in [-0.1, -0.05) is 73.9 Å². The van der Waals surface area contributed by atoms with Gasteiger partial charge in [0.1, 0.15) is 22.8 Å². The number of allylic oxidation sites excluding steroid dienone is 1. The molecule has 5 N–H and O–H groups in total. The van der Waals surface area contributed by atoms with Gasteiger partial charge in [-0.25, -0.2) is 0 Å². The third-order valence-corrected chi connectivity index (χ3v) is 10.2. The smallest absolute Gasteiger partial charge is 0.203 e. The molecule has 0 heterocycles. The lowest BCUT2D eigenvalue weighted by Crippen LogP contribution is -2.75. The third-order valence-electron chi connectivity index (χ3n) is 10.2. The molecule has 40 heavy (non-hydrogen) atoms. The first-order chi connectivity index (χ1) is 18.3. The molecule has 0 saturated heterocycles. The number of hydrogen-bond acceptors (Lipinski definition) is 8. The molecule has 0 aromatic heterocycles. The van der Waals surface area contributed by atoms with Crippen molar-refractivity contribution in [2.75, 3.05) is 0 Å². The summed E-state index contributed by atoms with van der Waals surface area (Å²) in [6.07, 6.45) is -0.255. The van der Waals surface area contributed by atoms with E-state index < -0.39 is 80.1 Å². The molecule has 1 aromatic rings. The van der Waals surface area contributed by atoms with Crippen molar-refractivity contribution in [2.45, 2.75) is 92.3 Å². The fraction of sp³-hybridized carbons (Fsp3) is 0.594. The number of benzene rings is 1. The van der Waals surface area contributed by atoms with Crippen LogP contribution in [0, 0.1) is 28.1 Å². The molecular formula is C32H42O8. The maximum Gasteiger partial charge on any atom is 0.203 e. The lowest BCUT2D eigenvalue weighted by atomic mass is 9.40. The number of phenolic OH excluding ortho intramolecular Hbond substituents is 1. The molecule has 1 fully saturated rings. The van der Waals surface area contributed by atoms with Crippen LogP contribution < -0.4 is 0 Å². The Balaban J connectivity index is 2.07. The van der Waals surface area contributed by atoms with Gasteiger partial charge in [-0.15, -0.1) is 0 Å². The Labute approximate surface area is 235 Å². The number of hydrogen-bond donors (Lipinski definition) is 5. The highest BCUT2D eigenvalue weighted by Gasteiger charge is 2.77. The second-order valence-corrected chi connectivity index (χ2v) is 13.5. The number of phenols is 1. The zero-order valence-corrected chi connectivity index (χ0v) is 24.6. The minimum absolute atomic E-state index is 0.00334. The molecule has 3 aliphatic rings. The molecule has 8 nitrogen and oxygen atoms in total. The Morgan fingerprint density at radius 3 is 2.25 bits per heavy atom. The maximum atomic E-state index is 14.5. The Hall–Kier alpha value is -2.97. The number of aliphatic hydroxyl groups excluding tert-OH is 3. The summed E-state index contributed by atoms with van der Waals surface area (Å²) in [5, 5.41) is 58.3. The van der Waals surface area contributed by atoms with E-state index in [1.54, 1.807) is 39.8 Å². The summed E-state index contributed by atoms with van der Waals surface area (Å²) in [7, 11) is 0. The molecule has 3 aliphatic carbocycles. The van der Waals surface area contributed by atoms with Gasteiger partial charge in [0.05, 0.1) is 17.2 Å². The highest BCUT2D eigenvalue weighted by molar-refractivity contribution is 6.25. The SMILES string of the molecule is CCCC(C)(C)CC(=O)C1=C(O)[C@]2(O)C(=O)C3=C(O)c4c(O)cccc4[C@@H](C)[C@]3(C)[C@@H](O)[C@]2(C)C(C(C)C)C1=O. The van der Waals surface area contributed by atoms with Crippen LogP contribution in [0.5, 0.6) is 5.75 Å². The fourth-order valence-electron chi connectivity index (χ4n) is 8.10. The van der Waals surface area contributed by atoms with Gasteiger partial charge in [0, 0.05) is 23.2 Å². The normalized spacial score (nSPS) is 34.1. The van der Waals surface area contributed by atoms with Crippen LogP contribution in [0.15, 0.2) is 35.1 Å². The highest BCUT2D eigenvalue weighted by atomic mass is 16.4. The van der Waals surface area contributed by atoms with E-state index in [1.807, 2.05) is 20.8 Å². The van der Waals surface area contributed by atoms with Crippen molar-refractivity contribution in [3.63, 3.8) is 0 Å². The summed E-state index contributed by atoms with van der Waals surface area (Å²) in [6, 6.07) is 4.62. The monoisotopic (exact) mass is 554 g/mol. The van der Waals surface area contributed by atoms with Gasteiger partial charge >= 0.3 is 0 Å². The van der Waals surface area contributed by atoms with Crippen molar-refractivity contribution in [2.24, 2.45) is 28.1 Å². The molecule has 4 rings (SSSR count). The lowest BCUT2D eigenvalue weighted by molar-refractivity contribution is -0.215. The van der Waals surface area contributed by atoms with Gasteiger partial charge in [0.15, 0.2) is 17.2 Å². The first-order valence-electron chi connectivity index (χ1n) is 14.1. The lowest BCUT2D eigenvalue weighted by Gasteiger charge is -2.63. The van der Waals surface area contributed by atoms with E-state index in [0.717, 1.165) is 6.42 Å². The first-order valence-corrected chi connectivity index (χ1v) is 14.1. The number of aromatic hydroxyl groups is 1. The third kappa shape index (κ3) is 3.54. The summed E-state index contributed by atoms with van der Waals surface area (Å²) in [4.78, 5) is 42.3. The number of Topliss-reactive ketones (excluding diaryl/α,β-unsaturated/α-hetero) is 3. The first kappa shape index (κ1) is 30.0. The summed E-state index contributed by atoms with van der Waals surface area (Å²) < 4.78 is 0. The van der Waals surface area contributed by atoms with Crippen molar-refractivity contribution in [1.29, 1.82) is 0 Å². The molecule has 6 atom stereocenters. The Morgan fingerprint density at radius 2 is 1.70 bits per heavy atom. The molecule has 1 saturated carbocycles. The highest BCUT2D eigenvalue weighted by Crippen LogP contribution is 2.67. The number of aliphatic hydroxyl groups is 4. The topological polar surface area (TPSA) is 152 Å². The van der Waals surface area contributed by atoms with Crippen molar-refractivity contribution < 1.29 is 39.9 Å². The predicted octanol–water partition coefficient (Wildman–Crippen LogP) is 4.92. The summed E-state index contributed by atoms with van der Waals surface area (Å²) in [5.74, 6) is -6.88. The van der Waals surface area contributed by atoms with Crippen LogP contribution in [0.2, 0.25) is 0 Å². The minimum Gasteiger partial charge on any atom is -0.508 e. The standard InChI is InChI=1S/C32H42O8/c1-9-13-29(5,6)14-19(34)21-25(36)22(15(2)3)31(8)28(39)30(7)16(4)17-11-10-12-18(33)20(17)24(35)23(30)27(38)32(31,40)26(21)37/h10-12,15-16,22,28,33,35,37,39-40H,9,13-14H2,1-8H3/t16-,22?,28-,30+,31+,32+/m1/s1. The van der Waals surface area contributed by atoms with Gasteiger partial charge in [-0.05, 0) is 35.3 Å². The van der Waals surface area contributed by atoms with Crippen LogP contribution in [0.1, 0.15) is 91.7 Å². The number of rotatable bonds is 6. The maximum absolute atomic E-state index is 14.5. The van der Waals surface area contributed by atoms with E-state index in [-0.39, 0.29) is 23.3 Å². The summed E-state index contributed by atoms with van der Waals surface area (Å²) in [6.45, 7) is 13.9. The van der Waals surface area contributed by atoms with Crippen LogP contribution in [0.4, 0.5) is 0 Å². The van der Waals surface area contributed by atoms with Gasteiger partial charge in [-0.2, -0.15) is 0 Å². The quantitative estimate of drug-likeness (QED) is 0.311. The zero-order chi connectivity index (χ0) is 30.3. The molecule has 0 spiro atoms. The van der Waals surface area contributed by atoms with Crippen LogP contribution in [-0.2, 0) is 14.4 Å². The molecule has 8 heteroatoms. The molecule has 0 amide bonds. The minimum atomic E-state index is -2.89. The molecule has 1 aromatic carbocycles. The average molecular weight is 555 g/mol. The van der Waals surface area contributed by atoms with E-state index in [4.69, 9.17) is 0 Å². The Kier molecular flexibility index (Phi) is 6.96. The number of carbonyl (C=O) groups is 3. The van der Waals surface area contributed by atoms with E-state index in [9.17, 15) is 39.9 Å². The van der Waals surface area contributed by atoms with Crippen molar-refractivity contribution in [3.05, 3.63) is 46.2 Å². The predicted molar refractivity (Wildman–Crippen MR) is 150 cm³/mol. The second kappa shape index (κ2) is 9.28. The average Bonchev–Trinajstić information content (AvgIpc) is 2.84. The van der Waals surface area contributed by atoms with Gasteiger partial charge in [0.25, 0.3) is 0 Å². The summed E-state index contributed by atoms with van der Waals surface area (Å²) in [5.41, 5.74) is -7.36. The van der Waals surface area contributed by atoms with E-state index in [1.165, 1.54) is 13.0 Å². The number of ketones is 3. The molecule has 0 radical (unpaired) electrons. The van der Waals surface area contributed by atoms with Crippen molar-refractivity contribution >= 4 is 23.1 Å². The largest absolute Gasteiger partial charge is 0.508 e. The van der Waals surface area contributed by atoms with Crippen LogP contribution >= 0.6 is 0 Å². The van der Waals surface area contributed by atoms with Crippen LogP contribution in [0.3, 0.4) is 0 Å². The van der Waals surface area contributed by atoms with E-state index in [0.29, 0.717) is 12.0 Å². The van der Waals surface area contributed by atoms with E-state index in [2.05, 4.69) is 0 Å². The molecule has 0 aliphatic heterocycles. The van der Waals surface area contributed by atoms with Crippen LogP contribution in [-0.4, -0.2) is 54.6 Å². The van der Waals surface area contributed by atoms with Crippen molar-refractivity contribution in [1.82, 2.24) is 0 Å².